The molecule has 1 atom stereocenters. The van der Waals surface area contributed by atoms with E-state index in [1.54, 1.807) is 35.6 Å². The van der Waals surface area contributed by atoms with Gasteiger partial charge < -0.3 is 10.1 Å². The summed E-state index contributed by atoms with van der Waals surface area (Å²) < 4.78 is 5.09. The first-order valence-electron chi connectivity index (χ1n) is 7.94. The van der Waals surface area contributed by atoms with Crippen molar-refractivity contribution in [1.82, 2.24) is 5.32 Å². The van der Waals surface area contributed by atoms with Crippen molar-refractivity contribution < 1.29 is 14.3 Å². The van der Waals surface area contributed by atoms with E-state index in [-0.39, 0.29) is 24.1 Å². The largest absolute Gasteiger partial charge is 0.452 e. The van der Waals surface area contributed by atoms with Crippen LogP contribution in [0.4, 0.5) is 0 Å². The van der Waals surface area contributed by atoms with Gasteiger partial charge in [-0.3, -0.25) is 4.79 Å². The zero-order valence-electron chi connectivity index (χ0n) is 13.7. The highest BCUT2D eigenvalue weighted by Gasteiger charge is 2.19. The van der Waals surface area contributed by atoms with Gasteiger partial charge in [-0.05, 0) is 29.1 Å². The predicted molar refractivity (Wildman–Crippen MR) is 102 cm³/mol. The van der Waals surface area contributed by atoms with Crippen molar-refractivity contribution >= 4 is 34.8 Å². The Labute approximate surface area is 160 Å². The first-order chi connectivity index (χ1) is 12.6. The third-order valence-corrected chi connectivity index (χ3v) is 4.96. The van der Waals surface area contributed by atoms with Crippen molar-refractivity contribution in [3.8, 4) is 0 Å². The Kier molecular flexibility index (Phi) is 6.04. The molecule has 1 heterocycles. The maximum atomic E-state index is 12.3. The number of thiophene rings is 1. The minimum absolute atomic E-state index is 0.236. The lowest BCUT2D eigenvalue weighted by Crippen LogP contribution is -2.32. The fraction of sp³-hybridized carbons (Fsp3) is 0.100. The number of nitrogens with one attached hydrogen (secondary N) is 1. The molecule has 132 valence electrons. The smallest absolute Gasteiger partial charge is 0.340 e. The summed E-state index contributed by atoms with van der Waals surface area (Å²) >= 11 is 7.52. The molecule has 0 radical (unpaired) electrons. The highest BCUT2D eigenvalue weighted by atomic mass is 35.5. The van der Waals surface area contributed by atoms with Gasteiger partial charge >= 0.3 is 5.97 Å². The fourth-order valence-electron chi connectivity index (χ4n) is 2.46. The van der Waals surface area contributed by atoms with Gasteiger partial charge in [0.1, 0.15) is 0 Å². The van der Waals surface area contributed by atoms with E-state index in [0.717, 1.165) is 10.4 Å². The summed E-state index contributed by atoms with van der Waals surface area (Å²) in [6.45, 7) is -0.376. The van der Waals surface area contributed by atoms with Gasteiger partial charge in [0.05, 0.1) is 16.6 Å². The summed E-state index contributed by atoms with van der Waals surface area (Å²) in [4.78, 5) is 25.4. The van der Waals surface area contributed by atoms with E-state index >= 15 is 0 Å². The number of hydrogen-bond acceptors (Lipinski definition) is 4. The second-order valence-electron chi connectivity index (χ2n) is 5.48. The monoisotopic (exact) mass is 385 g/mol. The molecule has 1 N–H and O–H groups in total. The van der Waals surface area contributed by atoms with Crippen LogP contribution in [0.25, 0.3) is 0 Å². The summed E-state index contributed by atoms with van der Waals surface area (Å²) in [5, 5.41) is 5.16. The van der Waals surface area contributed by atoms with Gasteiger partial charge in [0.25, 0.3) is 5.91 Å². The van der Waals surface area contributed by atoms with Crippen LogP contribution >= 0.6 is 22.9 Å². The number of benzene rings is 2. The molecule has 0 aliphatic rings. The number of halogens is 1. The van der Waals surface area contributed by atoms with E-state index in [1.165, 1.54) is 0 Å². The van der Waals surface area contributed by atoms with Gasteiger partial charge in [0.2, 0.25) is 0 Å². The average molecular weight is 386 g/mol. The zero-order valence-corrected chi connectivity index (χ0v) is 15.3. The molecule has 0 saturated heterocycles. The maximum Gasteiger partial charge on any atom is 0.340 e. The van der Waals surface area contributed by atoms with Crippen molar-refractivity contribution in [2.75, 3.05) is 6.61 Å². The van der Waals surface area contributed by atoms with Crippen LogP contribution in [0.15, 0.2) is 72.1 Å². The molecule has 0 aliphatic heterocycles. The van der Waals surface area contributed by atoms with Crippen molar-refractivity contribution in [3.63, 3.8) is 0 Å². The van der Waals surface area contributed by atoms with Crippen LogP contribution in [-0.4, -0.2) is 18.5 Å². The number of amides is 1. The summed E-state index contributed by atoms with van der Waals surface area (Å²) in [5.41, 5.74) is 1.19. The Morgan fingerprint density at radius 2 is 1.73 bits per heavy atom. The second-order valence-corrected chi connectivity index (χ2v) is 6.87. The van der Waals surface area contributed by atoms with Gasteiger partial charge in [-0.25, -0.2) is 4.79 Å². The molecule has 0 aliphatic carbocycles. The molecule has 0 saturated carbocycles. The topological polar surface area (TPSA) is 55.4 Å². The average Bonchev–Trinajstić information content (AvgIpc) is 3.19. The number of rotatable bonds is 6. The van der Waals surface area contributed by atoms with E-state index in [1.807, 2.05) is 47.8 Å². The number of esters is 1. The van der Waals surface area contributed by atoms with Crippen LogP contribution in [0.3, 0.4) is 0 Å². The van der Waals surface area contributed by atoms with E-state index in [4.69, 9.17) is 16.3 Å². The first-order valence-corrected chi connectivity index (χ1v) is 9.20. The van der Waals surface area contributed by atoms with Crippen LogP contribution in [0.5, 0.6) is 0 Å². The third kappa shape index (κ3) is 4.50. The Morgan fingerprint density at radius 1 is 1.00 bits per heavy atom. The highest BCUT2D eigenvalue weighted by Crippen LogP contribution is 2.25. The van der Waals surface area contributed by atoms with E-state index in [2.05, 4.69) is 5.32 Å². The molecule has 26 heavy (non-hydrogen) atoms. The SMILES string of the molecule is O=C(COC(=O)c1ccccc1Cl)NC(c1ccccc1)c1cccs1. The molecule has 1 amide bonds. The van der Waals surface area contributed by atoms with Crippen molar-refractivity contribution in [3.05, 3.63) is 93.1 Å². The van der Waals surface area contributed by atoms with Crippen LogP contribution < -0.4 is 5.32 Å². The second kappa shape index (κ2) is 8.65. The lowest BCUT2D eigenvalue weighted by Gasteiger charge is -2.18. The molecular formula is C20H16ClNO3S. The van der Waals surface area contributed by atoms with Gasteiger partial charge in [0, 0.05) is 4.88 Å². The molecular weight excluding hydrogens is 370 g/mol. The molecule has 2 aromatic carbocycles. The lowest BCUT2D eigenvalue weighted by molar-refractivity contribution is -0.124. The minimum Gasteiger partial charge on any atom is -0.452 e. The van der Waals surface area contributed by atoms with Crippen molar-refractivity contribution in [2.24, 2.45) is 0 Å². The van der Waals surface area contributed by atoms with Gasteiger partial charge in [-0.15, -0.1) is 11.3 Å². The van der Waals surface area contributed by atoms with Gasteiger partial charge in [-0.2, -0.15) is 0 Å². The van der Waals surface area contributed by atoms with Crippen molar-refractivity contribution in [2.45, 2.75) is 6.04 Å². The first kappa shape index (κ1) is 18.2. The highest BCUT2D eigenvalue weighted by molar-refractivity contribution is 7.10. The Bertz CT molecular complexity index is 881. The number of ether oxygens (including phenoxy) is 1. The Balaban J connectivity index is 1.65. The molecule has 0 bridgehead atoms. The molecule has 3 rings (SSSR count). The fourth-order valence-corrected chi connectivity index (χ4v) is 3.47. The summed E-state index contributed by atoms with van der Waals surface area (Å²) in [6, 6.07) is 19.8. The minimum atomic E-state index is -0.627. The predicted octanol–water partition coefficient (Wildman–Crippen LogP) is 4.46. The number of carbonyl (C=O) groups excluding carboxylic acids is 2. The molecule has 6 heteroatoms. The van der Waals surface area contributed by atoms with E-state index < -0.39 is 5.97 Å². The third-order valence-electron chi connectivity index (χ3n) is 3.69. The summed E-state index contributed by atoms with van der Waals surface area (Å²) in [5.74, 6) is -1.01. The normalized spacial score (nSPS) is 11.6. The zero-order chi connectivity index (χ0) is 18.4. The summed E-state index contributed by atoms with van der Waals surface area (Å²) in [7, 11) is 0. The van der Waals surface area contributed by atoms with Crippen LogP contribution in [0, 0.1) is 0 Å². The van der Waals surface area contributed by atoms with E-state index in [0.29, 0.717) is 5.02 Å². The Hall–Kier alpha value is -2.63. The molecule has 1 aromatic heterocycles. The number of carbonyl (C=O) groups is 2. The van der Waals surface area contributed by atoms with Crippen molar-refractivity contribution in [1.29, 1.82) is 0 Å². The summed E-state index contributed by atoms with van der Waals surface area (Å²) in [6.07, 6.45) is 0. The molecule has 0 spiro atoms. The maximum absolute atomic E-state index is 12.3. The van der Waals surface area contributed by atoms with Crippen LogP contribution in [-0.2, 0) is 9.53 Å². The van der Waals surface area contributed by atoms with Gasteiger partial charge in [-0.1, -0.05) is 60.1 Å². The quantitative estimate of drug-likeness (QED) is 0.637. The van der Waals surface area contributed by atoms with Gasteiger partial charge in [0.15, 0.2) is 6.61 Å². The van der Waals surface area contributed by atoms with Crippen LogP contribution in [0.2, 0.25) is 5.02 Å². The molecule has 3 aromatic rings. The van der Waals surface area contributed by atoms with E-state index in [9.17, 15) is 9.59 Å². The molecule has 4 nitrogen and oxygen atoms in total. The number of hydrogen-bond donors (Lipinski definition) is 1. The molecule has 0 fully saturated rings. The Morgan fingerprint density at radius 3 is 2.42 bits per heavy atom. The molecule has 1 unspecified atom stereocenters. The lowest BCUT2D eigenvalue weighted by atomic mass is 10.1. The van der Waals surface area contributed by atoms with Crippen LogP contribution in [0.1, 0.15) is 26.8 Å². The standard InChI is InChI=1S/C20H16ClNO3S/c21-16-10-5-4-9-15(16)20(24)25-13-18(23)22-19(17-11-6-12-26-17)14-7-2-1-3-8-14/h1-12,19H,13H2,(H,22,23).